The lowest BCUT2D eigenvalue weighted by Crippen LogP contribution is -1.87. The van der Waals surface area contributed by atoms with E-state index in [0.29, 0.717) is 17.5 Å². The third kappa shape index (κ3) is 2.14. The minimum atomic E-state index is 0.510. The van der Waals surface area contributed by atoms with Crippen LogP contribution in [0.3, 0.4) is 0 Å². The van der Waals surface area contributed by atoms with E-state index >= 15 is 0 Å². The molecule has 0 fully saturated rings. The Labute approximate surface area is 86.5 Å². The van der Waals surface area contributed by atoms with Gasteiger partial charge in [0.15, 0.2) is 0 Å². The van der Waals surface area contributed by atoms with E-state index in [1.54, 1.807) is 0 Å². The number of hydrogen-bond donors (Lipinski definition) is 0. The second-order valence-corrected chi connectivity index (χ2v) is 3.41. The van der Waals surface area contributed by atoms with Crippen LogP contribution < -0.4 is 0 Å². The number of nitrogens with zero attached hydrogens (tertiary/aromatic N) is 2. The lowest BCUT2D eigenvalue weighted by Gasteiger charge is -1.94. The van der Waals surface area contributed by atoms with Gasteiger partial charge in [-0.25, -0.2) is 0 Å². The van der Waals surface area contributed by atoms with Crippen molar-refractivity contribution in [2.75, 3.05) is 0 Å². The highest BCUT2D eigenvalue weighted by molar-refractivity contribution is 8.00. The Bertz CT molecular complexity index is 400. The Morgan fingerprint density at radius 3 is 2.64 bits per heavy atom. The summed E-state index contributed by atoms with van der Waals surface area (Å²) in [7, 11) is 0. The van der Waals surface area contributed by atoms with Gasteiger partial charge >= 0.3 is 0 Å². The topological polar surface area (TPSA) is 38.9 Å². The van der Waals surface area contributed by atoms with Gasteiger partial charge in [-0.3, -0.25) is 0 Å². The zero-order valence-corrected chi connectivity index (χ0v) is 8.33. The van der Waals surface area contributed by atoms with E-state index in [9.17, 15) is 0 Å². The SMILES string of the molecule is [CH2]Sc1nnc(Cc2ccccc2)o1. The van der Waals surface area contributed by atoms with Crippen LogP contribution in [0.5, 0.6) is 0 Å². The van der Waals surface area contributed by atoms with Gasteiger partial charge in [0.2, 0.25) is 5.89 Å². The molecular weight excluding hydrogens is 196 g/mol. The van der Waals surface area contributed by atoms with Crippen LogP contribution in [0.2, 0.25) is 0 Å². The van der Waals surface area contributed by atoms with Gasteiger partial charge in [0.25, 0.3) is 5.22 Å². The first-order valence-electron chi connectivity index (χ1n) is 4.17. The quantitative estimate of drug-likeness (QED) is 0.722. The van der Waals surface area contributed by atoms with Crippen molar-refractivity contribution in [3.63, 3.8) is 0 Å². The fraction of sp³-hybridized carbons (Fsp3) is 0.100. The first-order chi connectivity index (χ1) is 6.88. The van der Waals surface area contributed by atoms with E-state index in [2.05, 4.69) is 16.5 Å². The van der Waals surface area contributed by atoms with Crippen LogP contribution in [0.1, 0.15) is 11.5 Å². The Kier molecular flexibility index (Phi) is 2.84. The monoisotopic (exact) mass is 205 g/mol. The van der Waals surface area contributed by atoms with Gasteiger partial charge in [-0.1, -0.05) is 42.1 Å². The molecule has 2 aromatic rings. The summed E-state index contributed by atoms with van der Waals surface area (Å²) in [6.45, 7) is 0. The van der Waals surface area contributed by atoms with Crippen molar-refractivity contribution in [2.45, 2.75) is 11.6 Å². The smallest absolute Gasteiger partial charge is 0.276 e. The highest BCUT2D eigenvalue weighted by atomic mass is 32.2. The summed E-state index contributed by atoms with van der Waals surface area (Å²) in [4.78, 5) is 0. The van der Waals surface area contributed by atoms with E-state index in [0.717, 1.165) is 5.56 Å². The largest absolute Gasteiger partial charge is 0.416 e. The van der Waals surface area contributed by atoms with Gasteiger partial charge < -0.3 is 4.42 Å². The summed E-state index contributed by atoms with van der Waals surface area (Å²) in [6, 6.07) is 10.0. The normalized spacial score (nSPS) is 10.4. The average Bonchev–Trinajstić information content (AvgIpc) is 2.67. The maximum Gasteiger partial charge on any atom is 0.276 e. The van der Waals surface area contributed by atoms with Crippen molar-refractivity contribution in [1.82, 2.24) is 10.2 Å². The molecule has 0 aliphatic heterocycles. The van der Waals surface area contributed by atoms with Crippen molar-refractivity contribution >= 4 is 11.8 Å². The first-order valence-corrected chi connectivity index (χ1v) is 5.15. The molecule has 0 unspecified atom stereocenters. The Hall–Kier alpha value is -1.29. The molecule has 0 N–H and O–H groups in total. The molecule has 1 aromatic carbocycles. The van der Waals surface area contributed by atoms with Gasteiger partial charge in [-0.15, -0.1) is 10.2 Å². The minimum absolute atomic E-state index is 0.510. The molecule has 2 rings (SSSR count). The fourth-order valence-electron chi connectivity index (χ4n) is 1.14. The highest BCUT2D eigenvalue weighted by Crippen LogP contribution is 2.15. The highest BCUT2D eigenvalue weighted by Gasteiger charge is 2.04. The molecule has 0 amide bonds. The number of benzene rings is 1. The fourth-order valence-corrected chi connectivity index (χ4v) is 1.39. The maximum atomic E-state index is 5.31. The third-order valence-corrected chi connectivity index (χ3v) is 2.18. The Balaban J connectivity index is 2.11. The van der Waals surface area contributed by atoms with Crippen LogP contribution >= 0.6 is 11.8 Å². The van der Waals surface area contributed by atoms with Crippen LogP contribution in [0.15, 0.2) is 40.0 Å². The third-order valence-electron chi connectivity index (χ3n) is 1.77. The molecule has 0 bridgehead atoms. The minimum Gasteiger partial charge on any atom is -0.416 e. The second kappa shape index (κ2) is 4.28. The van der Waals surface area contributed by atoms with Crippen LogP contribution in [0.4, 0.5) is 0 Å². The number of hydrogen-bond acceptors (Lipinski definition) is 4. The Morgan fingerprint density at radius 1 is 1.21 bits per heavy atom. The van der Waals surface area contributed by atoms with E-state index in [4.69, 9.17) is 4.42 Å². The molecule has 3 nitrogen and oxygen atoms in total. The molecule has 4 heteroatoms. The van der Waals surface area contributed by atoms with Crippen LogP contribution in [0, 0.1) is 6.26 Å². The number of thioether (sulfide) groups is 1. The predicted octanol–water partition coefficient (Wildman–Crippen LogP) is 2.54. The van der Waals surface area contributed by atoms with Crippen molar-refractivity contribution in [3.8, 4) is 0 Å². The molecule has 0 atom stereocenters. The van der Waals surface area contributed by atoms with Gasteiger partial charge in [0, 0.05) is 6.26 Å². The van der Waals surface area contributed by atoms with Crippen LogP contribution in [-0.2, 0) is 6.42 Å². The van der Waals surface area contributed by atoms with E-state index < -0.39 is 0 Å². The van der Waals surface area contributed by atoms with E-state index in [1.165, 1.54) is 11.8 Å². The van der Waals surface area contributed by atoms with E-state index in [1.807, 2.05) is 30.3 Å². The first kappa shape index (κ1) is 9.27. The van der Waals surface area contributed by atoms with E-state index in [-0.39, 0.29) is 0 Å². The molecule has 1 aromatic heterocycles. The van der Waals surface area contributed by atoms with Crippen molar-refractivity contribution in [3.05, 3.63) is 48.0 Å². The second-order valence-electron chi connectivity index (χ2n) is 2.77. The summed E-state index contributed by atoms with van der Waals surface area (Å²) < 4.78 is 5.31. The molecular formula is C10H9N2OS. The summed E-state index contributed by atoms with van der Waals surface area (Å²) in [5.41, 5.74) is 1.16. The molecule has 0 saturated heterocycles. The van der Waals surface area contributed by atoms with Gasteiger partial charge in [-0.2, -0.15) is 0 Å². The molecule has 1 heterocycles. The van der Waals surface area contributed by atoms with Crippen LogP contribution in [0.25, 0.3) is 0 Å². The Morgan fingerprint density at radius 2 is 2.00 bits per heavy atom. The molecule has 0 spiro atoms. The lowest BCUT2D eigenvalue weighted by molar-refractivity contribution is 0.421. The number of rotatable bonds is 3. The molecule has 71 valence electrons. The summed E-state index contributed by atoms with van der Waals surface area (Å²) in [5.74, 6) is 0.627. The summed E-state index contributed by atoms with van der Waals surface area (Å²) in [5, 5.41) is 8.23. The zero-order chi connectivity index (χ0) is 9.80. The maximum absolute atomic E-state index is 5.31. The summed E-state index contributed by atoms with van der Waals surface area (Å²) >= 11 is 1.21. The molecule has 0 aliphatic rings. The standard InChI is InChI=1S/C10H9N2OS/c1-14-10-12-11-9(13-10)7-8-5-3-2-4-6-8/h2-6H,1,7H2. The average molecular weight is 205 g/mol. The van der Waals surface area contributed by atoms with Gasteiger partial charge in [0.1, 0.15) is 0 Å². The van der Waals surface area contributed by atoms with Gasteiger partial charge in [0.05, 0.1) is 6.42 Å². The summed E-state index contributed by atoms with van der Waals surface area (Å²) in [6.07, 6.45) is 4.27. The zero-order valence-electron chi connectivity index (χ0n) is 7.51. The van der Waals surface area contributed by atoms with Crippen molar-refractivity contribution in [1.29, 1.82) is 0 Å². The predicted molar refractivity (Wildman–Crippen MR) is 54.8 cm³/mol. The lowest BCUT2D eigenvalue weighted by atomic mass is 10.2. The molecule has 14 heavy (non-hydrogen) atoms. The molecule has 0 saturated carbocycles. The van der Waals surface area contributed by atoms with Crippen LogP contribution in [-0.4, -0.2) is 10.2 Å². The van der Waals surface area contributed by atoms with Crippen molar-refractivity contribution < 1.29 is 4.42 Å². The van der Waals surface area contributed by atoms with Gasteiger partial charge in [-0.05, 0) is 5.56 Å². The number of aromatic nitrogens is 2. The molecule has 1 radical (unpaired) electrons. The van der Waals surface area contributed by atoms with Crippen molar-refractivity contribution in [2.24, 2.45) is 0 Å². The molecule has 0 aliphatic carbocycles.